The third-order valence-electron chi connectivity index (χ3n) is 4.87. The maximum Gasteiger partial charge on any atom is 0.260 e. The molecule has 31 heavy (non-hydrogen) atoms. The minimum absolute atomic E-state index is 0.0925. The van der Waals surface area contributed by atoms with E-state index in [0.29, 0.717) is 17.2 Å². The summed E-state index contributed by atoms with van der Waals surface area (Å²) in [4.78, 5) is 26.0. The molecule has 3 aromatic carbocycles. The molecular weight excluding hydrogens is 396 g/mol. The van der Waals surface area contributed by atoms with Crippen molar-refractivity contribution in [3.05, 3.63) is 66.7 Å². The largest absolute Gasteiger partial charge is 0.497 e. The number of hydrogen-bond donors (Lipinski definition) is 1. The summed E-state index contributed by atoms with van der Waals surface area (Å²) in [7, 11) is 3.11. The van der Waals surface area contributed by atoms with Gasteiger partial charge in [0.2, 0.25) is 5.91 Å². The van der Waals surface area contributed by atoms with E-state index in [-0.39, 0.29) is 25.0 Å². The molecule has 0 saturated carbocycles. The average Bonchev–Trinajstić information content (AvgIpc) is 3.15. The van der Waals surface area contributed by atoms with E-state index in [9.17, 15) is 9.59 Å². The second-order valence-electron chi connectivity index (χ2n) is 7.07. The molecule has 0 aliphatic rings. The van der Waals surface area contributed by atoms with Gasteiger partial charge in [-0.3, -0.25) is 9.59 Å². The predicted molar refractivity (Wildman–Crippen MR) is 118 cm³/mol. The quantitative estimate of drug-likeness (QED) is 0.489. The number of hydrogen-bond acceptors (Lipinski definition) is 5. The van der Waals surface area contributed by atoms with Gasteiger partial charge in [0, 0.05) is 29.6 Å². The average molecular weight is 418 g/mol. The van der Waals surface area contributed by atoms with E-state index in [1.165, 1.54) is 4.90 Å². The summed E-state index contributed by atoms with van der Waals surface area (Å²) in [5, 5.41) is 4.66. The van der Waals surface area contributed by atoms with Crippen LogP contribution >= 0.6 is 0 Å². The summed E-state index contributed by atoms with van der Waals surface area (Å²) in [5.74, 6) is 0.577. The highest BCUT2D eigenvalue weighted by molar-refractivity contribution is 6.05. The fraction of sp³-hybridized carbons (Fsp3) is 0.167. The topological polar surface area (TPSA) is 81.0 Å². The molecule has 4 aromatic rings. The van der Waals surface area contributed by atoms with Gasteiger partial charge in [0.1, 0.15) is 22.7 Å². The number of anilines is 1. The van der Waals surface area contributed by atoms with Crippen molar-refractivity contribution < 1.29 is 23.5 Å². The first kappa shape index (κ1) is 20.3. The van der Waals surface area contributed by atoms with Crippen molar-refractivity contribution in [1.29, 1.82) is 0 Å². The zero-order valence-corrected chi connectivity index (χ0v) is 17.3. The molecule has 0 fully saturated rings. The van der Waals surface area contributed by atoms with Crippen molar-refractivity contribution in [2.24, 2.45) is 0 Å². The summed E-state index contributed by atoms with van der Waals surface area (Å²) in [6.07, 6.45) is 0. The zero-order chi connectivity index (χ0) is 21.8. The van der Waals surface area contributed by atoms with Crippen LogP contribution in [0.4, 0.5) is 5.69 Å². The van der Waals surface area contributed by atoms with E-state index in [4.69, 9.17) is 13.9 Å². The number of ether oxygens (including phenoxy) is 2. The number of benzene rings is 3. The molecular formula is C24H22N2O5. The molecule has 0 aliphatic heterocycles. The molecule has 0 bridgehead atoms. The highest BCUT2D eigenvalue weighted by Crippen LogP contribution is 2.31. The van der Waals surface area contributed by atoms with Gasteiger partial charge in [-0.15, -0.1) is 0 Å². The second-order valence-corrected chi connectivity index (χ2v) is 7.07. The Balaban J connectivity index is 1.34. The number of para-hydroxylation sites is 1. The van der Waals surface area contributed by atoms with Crippen LogP contribution in [0.2, 0.25) is 0 Å². The minimum atomic E-state index is -0.310. The monoisotopic (exact) mass is 418 g/mol. The molecule has 0 radical (unpaired) electrons. The number of nitrogens with zero attached hydrogens (tertiary/aromatic N) is 1. The van der Waals surface area contributed by atoms with E-state index in [1.54, 1.807) is 44.5 Å². The van der Waals surface area contributed by atoms with Gasteiger partial charge in [0.15, 0.2) is 6.61 Å². The predicted octanol–water partition coefficient (Wildman–Crippen LogP) is 4.07. The Kier molecular flexibility index (Phi) is 5.75. The van der Waals surface area contributed by atoms with E-state index in [0.717, 1.165) is 21.9 Å². The van der Waals surface area contributed by atoms with Gasteiger partial charge in [-0.1, -0.05) is 24.3 Å². The number of rotatable bonds is 7. The van der Waals surface area contributed by atoms with Gasteiger partial charge < -0.3 is 24.1 Å². The standard InChI is InChI=1S/C24H22N2O5/c1-26(14-23(27)25-16-6-5-7-17(12-16)29-2)24(28)15-30-18-10-11-22-20(13-18)19-8-3-4-9-21(19)31-22/h3-13H,14-15H2,1-2H3,(H,25,27). The number of carbonyl (C=O) groups excluding carboxylic acids is 2. The van der Waals surface area contributed by atoms with Gasteiger partial charge >= 0.3 is 0 Å². The number of carbonyl (C=O) groups is 2. The Labute approximate surface area is 179 Å². The third-order valence-corrected chi connectivity index (χ3v) is 4.87. The molecule has 0 atom stereocenters. The summed E-state index contributed by atoms with van der Waals surface area (Å²) in [5.41, 5.74) is 2.15. The van der Waals surface area contributed by atoms with Gasteiger partial charge in [0.05, 0.1) is 13.7 Å². The lowest BCUT2D eigenvalue weighted by atomic mass is 10.1. The first-order chi connectivity index (χ1) is 15.0. The summed E-state index contributed by atoms with van der Waals surface area (Å²) in [6, 6.07) is 20.2. The molecule has 0 aliphatic carbocycles. The van der Waals surface area contributed by atoms with Crippen LogP contribution in [0.25, 0.3) is 21.9 Å². The van der Waals surface area contributed by atoms with Crippen LogP contribution in [0.5, 0.6) is 11.5 Å². The summed E-state index contributed by atoms with van der Waals surface area (Å²) < 4.78 is 16.6. The number of furan rings is 1. The molecule has 7 nitrogen and oxygen atoms in total. The Morgan fingerprint density at radius 1 is 0.935 bits per heavy atom. The molecule has 4 rings (SSSR count). The van der Waals surface area contributed by atoms with Crippen molar-refractivity contribution >= 4 is 39.4 Å². The Morgan fingerprint density at radius 2 is 1.74 bits per heavy atom. The Hall–Kier alpha value is -4.00. The van der Waals surface area contributed by atoms with Crippen molar-refractivity contribution in [2.75, 3.05) is 32.6 Å². The van der Waals surface area contributed by atoms with Crippen LogP contribution in [0.15, 0.2) is 71.1 Å². The maximum absolute atomic E-state index is 12.4. The van der Waals surface area contributed by atoms with Crippen LogP contribution in [0, 0.1) is 0 Å². The molecule has 2 amide bonds. The SMILES string of the molecule is COc1cccc(NC(=O)CN(C)C(=O)COc2ccc3oc4ccccc4c3c2)c1. The first-order valence-electron chi connectivity index (χ1n) is 9.75. The highest BCUT2D eigenvalue weighted by Gasteiger charge is 2.15. The lowest BCUT2D eigenvalue weighted by molar-refractivity contribution is -0.135. The summed E-state index contributed by atoms with van der Waals surface area (Å²) in [6.45, 7) is -0.269. The first-order valence-corrected chi connectivity index (χ1v) is 9.75. The fourth-order valence-electron chi connectivity index (χ4n) is 3.26. The molecule has 0 unspecified atom stereocenters. The van der Waals surface area contributed by atoms with Crippen molar-refractivity contribution in [1.82, 2.24) is 4.90 Å². The molecule has 7 heteroatoms. The molecule has 0 spiro atoms. The molecule has 1 aromatic heterocycles. The lowest BCUT2D eigenvalue weighted by Crippen LogP contribution is -2.37. The van der Waals surface area contributed by atoms with Crippen LogP contribution in [0.3, 0.4) is 0 Å². The number of fused-ring (bicyclic) bond motifs is 3. The minimum Gasteiger partial charge on any atom is -0.497 e. The van der Waals surface area contributed by atoms with Crippen molar-refractivity contribution in [2.45, 2.75) is 0 Å². The van der Waals surface area contributed by atoms with Gasteiger partial charge in [-0.25, -0.2) is 0 Å². The number of amides is 2. The van der Waals surface area contributed by atoms with E-state index < -0.39 is 0 Å². The second kappa shape index (κ2) is 8.79. The smallest absolute Gasteiger partial charge is 0.260 e. The van der Waals surface area contributed by atoms with Crippen LogP contribution < -0.4 is 14.8 Å². The number of nitrogens with one attached hydrogen (secondary N) is 1. The van der Waals surface area contributed by atoms with Gasteiger partial charge in [-0.2, -0.15) is 0 Å². The number of methoxy groups -OCH3 is 1. The Bertz CT molecular complexity index is 1250. The van der Waals surface area contributed by atoms with Gasteiger partial charge in [-0.05, 0) is 36.4 Å². The zero-order valence-electron chi connectivity index (χ0n) is 17.3. The van der Waals surface area contributed by atoms with Gasteiger partial charge in [0.25, 0.3) is 5.91 Å². The van der Waals surface area contributed by atoms with Crippen LogP contribution in [-0.4, -0.2) is 44.0 Å². The molecule has 1 heterocycles. The van der Waals surface area contributed by atoms with Crippen molar-refractivity contribution in [3.8, 4) is 11.5 Å². The van der Waals surface area contributed by atoms with Crippen LogP contribution in [0.1, 0.15) is 0 Å². The van der Waals surface area contributed by atoms with Crippen molar-refractivity contribution in [3.63, 3.8) is 0 Å². The third kappa shape index (κ3) is 4.61. The molecule has 158 valence electrons. The normalized spacial score (nSPS) is 10.8. The molecule has 1 N–H and O–H groups in total. The fourth-order valence-corrected chi connectivity index (χ4v) is 3.26. The van der Waals surface area contributed by atoms with E-state index in [2.05, 4.69) is 5.32 Å². The highest BCUT2D eigenvalue weighted by atomic mass is 16.5. The van der Waals surface area contributed by atoms with E-state index in [1.807, 2.05) is 36.4 Å². The molecule has 0 saturated heterocycles. The lowest BCUT2D eigenvalue weighted by Gasteiger charge is -2.17. The number of likely N-dealkylation sites (N-methyl/N-ethyl adjacent to an activating group) is 1. The maximum atomic E-state index is 12.4. The summed E-state index contributed by atoms with van der Waals surface area (Å²) >= 11 is 0. The van der Waals surface area contributed by atoms with Crippen LogP contribution in [-0.2, 0) is 9.59 Å². The Morgan fingerprint density at radius 3 is 2.58 bits per heavy atom. The van der Waals surface area contributed by atoms with E-state index >= 15 is 0 Å².